The highest BCUT2D eigenvalue weighted by Crippen LogP contribution is 2.21. The van der Waals surface area contributed by atoms with Crippen molar-refractivity contribution >= 4 is 117 Å². The number of aryl methyl sites for hydroxylation is 1. The van der Waals surface area contributed by atoms with E-state index in [1.54, 1.807) is 72.7 Å². The summed E-state index contributed by atoms with van der Waals surface area (Å²) in [6.07, 6.45) is 5.77. The lowest BCUT2D eigenvalue weighted by Crippen LogP contribution is -2.59. The Morgan fingerprint density at radius 3 is 1.68 bits per heavy atom. The van der Waals surface area contributed by atoms with Gasteiger partial charge in [-0.05, 0) is 92.3 Å². The SMILES string of the molecule is CSCC[C@H](NC(=O)[C@H](CC(C)C)NC(=O)[C@H](Cc1cnc[nH]1)NC(=O)CNC(=O)[C@@H](NC(=O)[C@H](C)NC(=O)[C@H](Cc1c[nH]c2ccccc12)NC(=O)[C@@H](N)CCC(N)=O)C(C)C)C(=O)NC(=O)c1ccc(NC(=O)CNC(=O)CN2CCN(CC(=O)O)CCN(CC(=O)O)CCN(CC(=O)O)CC2)c(C)c1. The molecule has 1 aliphatic heterocycles. The zero-order valence-electron chi connectivity index (χ0n) is 61.1. The van der Waals surface area contributed by atoms with Gasteiger partial charge in [0.2, 0.25) is 65.0 Å². The molecule has 7 atom stereocenters. The van der Waals surface area contributed by atoms with Gasteiger partial charge in [0, 0.05) is 112 Å². The number of benzene rings is 2. The number of nitrogens with zero attached hydrogens (tertiary/aromatic N) is 5. The van der Waals surface area contributed by atoms with Crippen LogP contribution >= 0.6 is 11.8 Å². The maximum Gasteiger partial charge on any atom is 0.317 e. The van der Waals surface area contributed by atoms with Crippen molar-refractivity contribution in [1.29, 1.82) is 0 Å². The average molecular weight is 1520 g/mol. The van der Waals surface area contributed by atoms with Crippen molar-refractivity contribution in [2.24, 2.45) is 23.3 Å². The number of carbonyl (C=O) groups excluding carboxylic acids is 12. The second-order valence-electron chi connectivity index (χ2n) is 26.8. The first-order valence-electron chi connectivity index (χ1n) is 34.9. The molecule has 37 nitrogen and oxygen atoms in total. The van der Waals surface area contributed by atoms with Crippen LogP contribution in [0.5, 0.6) is 0 Å². The monoisotopic (exact) mass is 1520 g/mol. The molecular formula is C69H101N19O18S. The largest absolute Gasteiger partial charge is 0.480 e. The van der Waals surface area contributed by atoms with Gasteiger partial charge in [-0.1, -0.05) is 45.9 Å². The van der Waals surface area contributed by atoms with Crippen molar-refractivity contribution in [3.63, 3.8) is 0 Å². The molecule has 2 aromatic heterocycles. The predicted octanol–water partition coefficient (Wildman–Crippen LogP) is -3.44. The first-order valence-corrected chi connectivity index (χ1v) is 36.3. The van der Waals surface area contributed by atoms with Crippen LogP contribution in [-0.2, 0) is 80.0 Å². The third-order valence-electron chi connectivity index (χ3n) is 17.2. The fourth-order valence-electron chi connectivity index (χ4n) is 11.4. The van der Waals surface area contributed by atoms with Crippen LogP contribution in [0.4, 0.5) is 5.69 Å². The first-order chi connectivity index (χ1) is 50.7. The molecule has 38 heteroatoms. The van der Waals surface area contributed by atoms with E-state index in [-0.39, 0.29) is 134 Å². The van der Waals surface area contributed by atoms with Gasteiger partial charge in [0.25, 0.3) is 5.91 Å². The molecule has 3 heterocycles. The average Bonchev–Trinajstić information content (AvgIpc) is 1.72. The lowest BCUT2D eigenvalue weighted by molar-refractivity contribution is -0.140. The number of H-pyrrole nitrogens is 2. The van der Waals surface area contributed by atoms with E-state index in [0.717, 1.165) is 10.9 Å². The molecule has 0 unspecified atom stereocenters. The Balaban J connectivity index is 1.17. The van der Waals surface area contributed by atoms with Gasteiger partial charge in [-0.25, -0.2) is 4.98 Å². The Bertz CT molecular complexity index is 3730. The quantitative estimate of drug-likeness (QED) is 0.0206. The van der Waals surface area contributed by atoms with E-state index in [9.17, 15) is 87.2 Å². The summed E-state index contributed by atoms with van der Waals surface area (Å²) in [5.74, 6) is -13.1. The number of nitrogens with two attached hydrogens (primary N) is 2. The molecule has 12 amide bonds. The second kappa shape index (κ2) is 43.9. The maximum atomic E-state index is 14.3. The van der Waals surface area contributed by atoms with E-state index in [1.807, 2.05) is 18.2 Å². The molecule has 0 radical (unpaired) electrons. The van der Waals surface area contributed by atoms with Gasteiger partial charge in [-0.15, -0.1) is 0 Å². The van der Waals surface area contributed by atoms with Gasteiger partial charge >= 0.3 is 17.9 Å². The first kappa shape index (κ1) is 87.2. The number of amides is 12. The number of aromatic nitrogens is 3. The van der Waals surface area contributed by atoms with Gasteiger partial charge in [0.1, 0.15) is 36.3 Å². The van der Waals surface area contributed by atoms with E-state index in [2.05, 4.69) is 68.1 Å². The number of imide groups is 1. The normalized spacial score (nSPS) is 15.4. The topological polar surface area (TPSA) is 547 Å². The number of nitrogens with one attached hydrogen (secondary N) is 12. The summed E-state index contributed by atoms with van der Waals surface area (Å²) < 4.78 is 0. The number of fused-ring (bicyclic) bond motifs is 1. The molecule has 5 rings (SSSR count). The second-order valence-corrected chi connectivity index (χ2v) is 27.8. The van der Waals surface area contributed by atoms with Gasteiger partial charge in [-0.2, -0.15) is 11.8 Å². The van der Waals surface area contributed by atoms with Crippen LogP contribution in [0.1, 0.15) is 87.5 Å². The summed E-state index contributed by atoms with van der Waals surface area (Å²) in [4.78, 5) is 214. The summed E-state index contributed by atoms with van der Waals surface area (Å²) in [7, 11) is 0. The van der Waals surface area contributed by atoms with E-state index in [0.29, 0.717) is 22.6 Å². The highest BCUT2D eigenvalue weighted by Gasteiger charge is 2.35. The molecule has 1 fully saturated rings. The number of thioether (sulfide) groups is 1. The molecule has 0 spiro atoms. The van der Waals surface area contributed by atoms with Crippen LogP contribution in [0.2, 0.25) is 0 Å². The number of primary amides is 1. The molecule has 0 bridgehead atoms. The van der Waals surface area contributed by atoms with Crippen molar-refractivity contribution < 1.29 is 87.2 Å². The Hall–Kier alpha value is -10.4. The summed E-state index contributed by atoms with van der Waals surface area (Å²) in [5.41, 5.74) is 13.7. The van der Waals surface area contributed by atoms with Crippen LogP contribution < -0.4 is 64.6 Å². The zero-order chi connectivity index (χ0) is 79.0. The molecule has 2 aromatic carbocycles. The third kappa shape index (κ3) is 30.9. The van der Waals surface area contributed by atoms with E-state index in [1.165, 1.54) is 49.4 Å². The van der Waals surface area contributed by atoms with Crippen LogP contribution in [-0.4, -0.2) is 285 Å². The van der Waals surface area contributed by atoms with Crippen molar-refractivity contribution in [3.8, 4) is 0 Å². The molecule has 107 heavy (non-hydrogen) atoms. The van der Waals surface area contributed by atoms with Crippen molar-refractivity contribution in [2.45, 2.75) is 122 Å². The fourth-order valence-corrected chi connectivity index (χ4v) is 11.8. The van der Waals surface area contributed by atoms with E-state index in [4.69, 9.17) is 11.5 Å². The van der Waals surface area contributed by atoms with Gasteiger partial charge < -0.3 is 84.6 Å². The number of aromatic amines is 2. The summed E-state index contributed by atoms with van der Waals surface area (Å²) >= 11 is 1.35. The van der Waals surface area contributed by atoms with Gasteiger partial charge in [0.05, 0.1) is 51.6 Å². The van der Waals surface area contributed by atoms with Crippen molar-refractivity contribution in [2.75, 3.05) is 109 Å². The molecule has 1 saturated heterocycles. The Labute approximate surface area is 622 Å². The Morgan fingerprint density at radius 2 is 1.13 bits per heavy atom. The van der Waals surface area contributed by atoms with Crippen LogP contribution in [0.3, 0.4) is 0 Å². The number of aliphatic carboxylic acids is 3. The van der Waals surface area contributed by atoms with E-state index < -0.39 is 150 Å². The Morgan fingerprint density at radius 1 is 0.579 bits per heavy atom. The maximum absolute atomic E-state index is 14.3. The summed E-state index contributed by atoms with van der Waals surface area (Å²) in [6.45, 7) is 8.70. The van der Waals surface area contributed by atoms with Crippen molar-refractivity contribution in [3.05, 3.63) is 83.6 Å². The predicted molar refractivity (Wildman–Crippen MR) is 392 cm³/mol. The zero-order valence-corrected chi connectivity index (χ0v) is 61.9. The highest BCUT2D eigenvalue weighted by atomic mass is 32.2. The molecule has 0 saturated carbocycles. The lowest BCUT2D eigenvalue weighted by atomic mass is 10.0. The number of rotatable bonds is 40. The van der Waals surface area contributed by atoms with Crippen LogP contribution in [0.25, 0.3) is 10.9 Å². The number of carboxylic acids is 3. The van der Waals surface area contributed by atoms with Crippen LogP contribution in [0, 0.1) is 18.8 Å². The molecule has 19 N–H and O–H groups in total. The molecule has 1 aliphatic rings. The lowest BCUT2D eigenvalue weighted by Gasteiger charge is -2.32. The fraction of sp³-hybridized carbons (Fsp3) is 0.536. The smallest absolute Gasteiger partial charge is 0.317 e. The highest BCUT2D eigenvalue weighted by molar-refractivity contribution is 7.98. The number of hydrogen-bond donors (Lipinski definition) is 17. The number of para-hydroxylation sites is 1. The number of carboxylic acid groups (broad SMARTS) is 3. The van der Waals surface area contributed by atoms with Crippen LogP contribution in [0.15, 0.2) is 61.2 Å². The summed E-state index contributed by atoms with van der Waals surface area (Å²) in [5, 5.41) is 55.2. The number of imidazole rings is 1. The van der Waals surface area contributed by atoms with Gasteiger partial charge in [0.15, 0.2) is 0 Å². The molecular weight excluding hydrogens is 1410 g/mol. The summed E-state index contributed by atoms with van der Waals surface area (Å²) in [6, 6.07) is 2.38. The minimum atomic E-state index is -1.40. The van der Waals surface area contributed by atoms with E-state index >= 15 is 0 Å². The molecule has 4 aromatic rings. The third-order valence-corrected chi connectivity index (χ3v) is 17.9. The molecule has 0 aliphatic carbocycles. The number of hydrogen-bond acceptors (Lipinski definition) is 22. The van der Waals surface area contributed by atoms with Gasteiger partial charge in [-0.3, -0.25) is 96.8 Å². The standard InChI is InChI=1S/C69H101N19O18S/c1-39(2)26-51(82-68(105)53(29-45-31-72-38-76-45)79-56(91)33-75-69(106)61(40(3)4)83-62(99)42(6)77-66(103)52(81-64(101)47(70)13-15-54(71)89)28-44-30-73-49-11-9-8-10-46(44)49)67(104)80-50(16-25-107-7)65(102)84-63(100)43-12-14-48(41(5)27-43)78-55(90)32-74-57(92)34-85-17-19-86(35-58(93)94)21-23-88(37-60(97)98)24-22-87(20-18-85)36-59(95)96/h8-12,14,27,30-31,38-40,42,47,50-53,61,73H,13,15-26,28-29,32-37,70H2,1-7H3,(H2,71,89)(H,72,76)(H,74,92)(H,75,106)(H,77,103)(H,78,90)(H,79,91)(H,80,104)(H,81,101)(H,82,105)(H,83,99)(H,93,94)(H,95,96)(H,97,98)(H,84,100,102)/t42-,47-,50-,51-,52-,53-,61-/m0/s1. The molecule has 586 valence electrons. The minimum Gasteiger partial charge on any atom is -0.480 e. The Kier molecular flexibility index (Phi) is 35.8. The van der Waals surface area contributed by atoms with Crippen molar-refractivity contribution in [1.82, 2.24) is 82.4 Å². The minimum absolute atomic E-state index is 0.00403. The number of anilines is 1. The number of carbonyl (C=O) groups is 15.